The van der Waals surface area contributed by atoms with Crippen LogP contribution in [-0.2, 0) is 0 Å². The molecule has 2 atom stereocenters. The zero-order valence-electron chi connectivity index (χ0n) is 14.3. The molecule has 2 N–H and O–H groups in total. The van der Waals surface area contributed by atoms with Gasteiger partial charge in [-0.25, -0.2) is 0 Å². The molecule has 1 heterocycles. The predicted octanol–water partition coefficient (Wildman–Crippen LogP) is 3.03. The standard InChI is InChI=1S/C19H36N2O/c22-10-4-7-18-11-19(15-21(14-18)13-17-8-9-17)20-12-16-5-2-1-3-6-16/h16-20,22H,1-15H2. The molecule has 0 radical (unpaired) electrons. The maximum atomic E-state index is 9.13. The van der Waals surface area contributed by atoms with Gasteiger partial charge >= 0.3 is 0 Å². The number of rotatable bonds is 8. The SMILES string of the molecule is OCCCC1CC(NCC2CCCCC2)CN(CC2CC2)C1. The summed E-state index contributed by atoms with van der Waals surface area (Å²) in [5, 5.41) is 13.0. The van der Waals surface area contributed by atoms with Gasteiger partial charge in [-0.15, -0.1) is 0 Å². The van der Waals surface area contributed by atoms with Crippen LogP contribution in [0.1, 0.15) is 64.2 Å². The summed E-state index contributed by atoms with van der Waals surface area (Å²) in [5.41, 5.74) is 0. The van der Waals surface area contributed by atoms with Crippen molar-refractivity contribution in [1.82, 2.24) is 10.2 Å². The molecule has 0 bridgehead atoms. The minimum absolute atomic E-state index is 0.360. The van der Waals surface area contributed by atoms with Gasteiger partial charge in [0, 0.05) is 32.3 Å². The molecule has 0 aromatic carbocycles. The third-order valence-electron chi connectivity index (χ3n) is 6.02. The van der Waals surface area contributed by atoms with Crippen LogP contribution in [-0.4, -0.2) is 48.8 Å². The van der Waals surface area contributed by atoms with Crippen molar-refractivity contribution in [2.75, 3.05) is 32.8 Å². The Kier molecular flexibility index (Phi) is 6.58. The smallest absolute Gasteiger partial charge is 0.0431 e. The fourth-order valence-electron chi connectivity index (χ4n) is 4.58. The molecule has 3 fully saturated rings. The Hall–Kier alpha value is -0.120. The minimum atomic E-state index is 0.360. The van der Waals surface area contributed by atoms with Gasteiger partial charge in [0.15, 0.2) is 0 Å². The van der Waals surface area contributed by atoms with Crippen LogP contribution >= 0.6 is 0 Å². The van der Waals surface area contributed by atoms with Crippen LogP contribution in [0.25, 0.3) is 0 Å². The van der Waals surface area contributed by atoms with E-state index in [4.69, 9.17) is 5.11 Å². The zero-order chi connectivity index (χ0) is 15.2. The highest BCUT2D eigenvalue weighted by Gasteiger charge is 2.31. The number of likely N-dealkylation sites (tertiary alicyclic amines) is 1. The van der Waals surface area contributed by atoms with Crippen LogP contribution in [0, 0.1) is 17.8 Å². The quantitative estimate of drug-likeness (QED) is 0.723. The molecule has 2 unspecified atom stereocenters. The molecule has 1 aliphatic heterocycles. The third kappa shape index (κ3) is 5.50. The summed E-state index contributed by atoms with van der Waals surface area (Å²) in [4.78, 5) is 2.72. The molecular weight excluding hydrogens is 272 g/mol. The molecule has 2 saturated carbocycles. The fourth-order valence-corrected chi connectivity index (χ4v) is 4.58. The summed E-state index contributed by atoms with van der Waals surface area (Å²) in [6.45, 7) is 5.47. The van der Waals surface area contributed by atoms with Crippen LogP contribution < -0.4 is 5.32 Å². The molecule has 0 aromatic rings. The van der Waals surface area contributed by atoms with Gasteiger partial charge in [-0.2, -0.15) is 0 Å². The molecule has 3 rings (SSSR count). The van der Waals surface area contributed by atoms with E-state index in [0.29, 0.717) is 12.6 Å². The number of piperidine rings is 1. The lowest BCUT2D eigenvalue weighted by Crippen LogP contribution is -2.50. The second-order valence-electron chi connectivity index (χ2n) is 8.24. The highest BCUT2D eigenvalue weighted by Crippen LogP contribution is 2.32. The molecule has 2 aliphatic carbocycles. The van der Waals surface area contributed by atoms with Crippen LogP contribution in [0.3, 0.4) is 0 Å². The predicted molar refractivity (Wildman–Crippen MR) is 92.0 cm³/mol. The minimum Gasteiger partial charge on any atom is -0.396 e. The lowest BCUT2D eigenvalue weighted by atomic mass is 9.87. The Labute approximate surface area is 136 Å². The van der Waals surface area contributed by atoms with E-state index < -0.39 is 0 Å². The van der Waals surface area contributed by atoms with Gasteiger partial charge < -0.3 is 15.3 Å². The molecule has 3 heteroatoms. The number of nitrogens with zero attached hydrogens (tertiary/aromatic N) is 1. The molecule has 3 nitrogen and oxygen atoms in total. The molecular formula is C19H36N2O. The number of hydrogen-bond acceptors (Lipinski definition) is 3. The van der Waals surface area contributed by atoms with E-state index in [0.717, 1.165) is 24.2 Å². The van der Waals surface area contributed by atoms with Crippen molar-refractivity contribution < 1.29 is 5.11 Å². The average molecular weight is 309 g/mol. The van der Waals surface area contributed by atoms with Gasteiger partial charge in [0.1, 0.15) is 0 Å². The Balaban J connectivity index is 1.44. The fraction of sp³-hybridized carbons (Fsp3) is 1.00. The van der Waals surface area contributed by atoms with Crippen molar-refractivity contribution >= 4 is 0 Å². The van der Waals surface area contributed by atoms with E-state index in [1.54, 1.807) is 0 Å². The van der Waals surface area contributed by atoms with E-state index in [9.17, 15) is 0 Å². The van der Waals surface area contributed by atoms with Gasteiger partial charge in [-0.3, -0.25) is 0 Å². The van der Waals surface area contributed by atoms with E-state index in [1.807, 2.05) is 0 Å². The summed E-state index contributed by atoms with van der Waals surface area (Å²) < 4.78 is 0. The Morgan fingerprint density at radius 2 is 1.73 bits per heavy atom. The highest BCUT2D eigenvalue weighted by molar-refractivity contribution is 4.87. The summed E-state index contributed by atoms with van der Waals surface area (Å²) in [6, 6.07) is 0.693. The van der Waals surface area contributed by atoms with Crippen molar-refractivity contribution in [1.29, 1.82) is 0 Å². The summed E-state index contributed by atoms with van der Waals surface area (Å²) in [6.07, 6.45) is 13.7. The van der Waals surface area contributed by atoms with Gasteiger partial charge in [0.25, 0.3) is 0 Å². The molecule has 3 aliphatic rings. The first-order valence-corrected chi connectivity index (χ1v) is 9.90. The van der Waals surface area contributed by atoms with Crippen molar-refractivity contribution in [3.63, 3.8) is 0 Å². The van der Waals surface area contributed by atoms with E-state index in [-0.39, 0.29) is 0 Å². The van der Waals surface area contributed by atoms with Gasteiger partial charge in [-0.1, -0.05) is 19.3 Å². The first-order valence-electron chi connectivity index (χ1n) is 9.90. The Morgan fingerprint density at radius 1 is 0.909 bits per heavy atom. The number of aliphatic hydroxyl groups excluding tert-OH is 1. The van der Waals surface area contributed by atoms with Crippen molar-refractivity contribution in [3.8, 4) is 0 Å². The summed E-state index contributed by atoms with van der Waals surface area (Å²) >= 11 is 0. The maximum absolute atomic E-state index is 9.13. The second kappa shape index (κ2) is 8.65. The van der Waals surface area contributed by atoms with Crippen molar-refractivity contribution in [2.24, 2.45) is 17.8 Å². The molecule has 0 amide bonds. The van der Waals surface area contributed by atoms with E-state index in [1.165, 1.54) is 84.0 Å². The molecule has 128 valence electrons. The van der Waals surface area contributed by atoms with Crippen molar-refractivity contribution in [3.05, 3.63) is 0 Å². The van der Waals surface area contributed by atoms with Crippen LogP contribution in [0.2, 0.25) is 0 Å². The molecule has 0 spiro atoms. The topological polar surface area (TPSA) is 35.5 Å². The summed E-state index contributed by atoms with van der Waals surface area (Å²) in [5.74, 6) is 2.72. The molecule has 22 heavy (non-hydrogen) atoms. The molecule has 0 aromatic heterocycles. The zero-order valence-corrected chi connectivity index (χ0v) is 14.3. The number of hydrogen-bond donors (Lipinski definition) is 2. The van der Waals surface area contributed by atoms with Gasteiger partial charge in [-0.05, 0) is 69.2 Å². The highest BCUT2D eigenvalue weighted by atomic mass is 16.2. The van der Waals surface area contributed by atoms with Crippen molar-refractivity contribution in [2.45, 2.75) is 70.3 Å². The second-order valence-corrected chi connectivity index (χ2v) is 8.24. The monoisotopic (exact) mass is 308 g/mol. The summed E-state index contributed by atoms with van der Waals surface area (Å²) in [7, 11) is 0. The van der Waals surface area contributed by atoms with Gasteiger partial charge in [0.05, 0.1) is 0 Å². The Bertz CT molecular complexity index is 313. The third-order valence-corrected chi connectivity index (χ3v) is 6.02. The number of aliphatic hydroxyl groups is 1. The van der Waals surface area contributed by atoms with Crippen LogP contribution in [0.4, 0.5) is 0 Å². The first-order chi connectivity index (χ1) is 10.8. The van der Waals surface area contributed by atoms with E-state index in [2.05, 4.69) is 10.2 Å². The first kappa shape index (κ1) is 16.7. The van der Waals surface area contributed by atoms with E-state index >= 15 is 0 Å². The number of nitrogens with one attached hydrogen (secondary N) is 1. The average Bonchev–Trinajstić information content (AvgIpc) is 3.36. The maximum Gasteiger partial charge on any atom is 0.0431 e. The van der Waals surface area contributed by atoms with Gasteiger partial charge in [0.2, 0.25) is 0 Å². The normalized spacial score (nSPS) is 31.5. The lowest BCUT2D eigenvalue weighted by Gasteiger charge is -2.39. The Morgan fingerprint density at radius 3 is 2.45 bits per heavy atom. The van der Waals surface area contributed by atoms with Crippen LogP contribution in [0.5, 0.6) is 0 Å². The lowest BCUT2D eigenvalue weighted by molar-refractivity contribution is 0.122. The molecule has 1 saturated heterocycles. The largest absolute Gasteiger partial charge is 0.396 e. The van der Waals surface area contributed by atoms with Crippen LogP contribution in [0.15, 0.2) is 0 Å².